The first-order valence-corrected chi connectivity index (χ1v) is 7.94. The summed E-state index contributed by atoms with van der Waals surface area (Å²) in [6.45, 7) is 5.65. The van der Waals surface area contributed by atoms with E-state index in [4.69, 9.17) is 4.74 Å². The summed E-state index contributed by atoms with van der Waals surface area (Å²) in [5.74, 6) is -0.253. The zero-order chi connectivity index (χ0) is 15.8. The molecule has 0 bridgehead atoms. The van der Waals surface area contributed by atoms with Crippen LogP contribution in [0.25, 0.3) is 0 Å². The fourth-order valence-electron chi connectivity index (χ4n) is 1.44. The smallest absolute Gasteiger partial charge is 0.343 e. The molecule has 0 fully saturated rings. The minimum Gasteiger partial charge on any atom is -0.465 e. The number of ether oxygens (including phenoxy) is 1. The average molecular weight is 314 g/mol. The summed E-state index contributed by atoms with van der Waals surface area (Å²) in [5.41, 5.74) is -0.513. The maximum atomic E-state index is 12.7. The minimum atomic E-state index is -3.68. The van der Waals surface area contributed by atoms with Crippen LogP contribution >= 0.6 is 0 Å². The Bertz CT molecular complexity index is 365. The third kappa shape index (κ3) is 8.45. The predicted octanol–water partition coefficient (Wildman–Crippen LogP) is 3.12. The fourth-order valence-corrected chi connectivity index (χ4v) is 1.78. The number of hydrogen-bond acceptors (Lipinski definition) is 4. The molecule has 0 radical (unpaired) electrons. The zero-order valence-electron chi connectivity index (χ0n) is 12.3. The third-order valence-corrected chi connectivity index (χ3v) is 3.49. The number of carbonyl (C=O) groups excluding carboxylic acids is 1. The second-order valence-electron chi connectivity index (χ2n) is 5.83. The number of unbranched alkanes of at least 4 members (excludes halogenated alkanes) is 4. The SMILES string of the molecule is CC(C)(C)C(=O)OCCCCCCCC(F)(F)[SH](=O)=O. The normalized spacial score (nSPS) is 12.7. The minimum absolute atomic E-state index is 0.179. The van der Waals surface area contributed by atoms with Gasteiger partial charge in [0.1, 0.15) is 0 Å². The van der Waals surface area contributed by atoms with Crippen molar-refractivity contribution in [1.82, 2.24) is 0 Å². The molecule has 0 aliphatic rings. The molecule has 0 unspecified atom stereocenters. The molecule has 0 aromatic heterocycles. The van der Waals surface area contributed by atoms with E-state index in [-0.39, 0.29) is 12.4 Å². The second-order valence-corrected chi connectivity index (χ2v) is 7.00. The predicted molar refractivity (Wildman–Crippen MR) is 73.4 cm³/mol. The van der Waals surface area contributed by atoms with E-state index in [1.165, 1.54) is 0 Å². The molecule has 0 saturated heterocycles. The van der Waals surface area contributed by atoms with Crippen molar-refractivity contribution in [3.63, 3.8) is 0 Å². The summed E-state index contributed by atoms with van der Waals surface area (Å²) in [5, 5.41) is -3.59. The third-order valence-electron chi connectivity index (χ3n) is 2.73. The molecule has 0 N–H and O–H groups in total. The molecule has 20 heavy (non-hydrogen) atoms. The molecule has 4 nitrogen and oxygen atoms in total. The number of rotatable bonds is 9. The molecular weight excluding hydrogens is 290 g/mol. The number of esters is 1. The van der Waals surface area contributed by atoms with E-state index < -0.39 is 27.8 Å². The lowest BCUT2D eigenvalue weighted by Crippen LogP contribution is -2.23. The van der Waals surface area contributed by atoms with Crippen LogP contribution < -0.4 is 0 Å². The van der Waals surface area contributed by atoms with Gasteiger partial charge < -0.3 is 4.74 Å². The summed E-state index contributed by atoms with van der Waals surface area (Å²) >= 11 is 0. The van der Waals surface area contributed by atoms with Crippen LogP contribution in [0.1, 0.15) is 59.3 Å². The summed E-state index contributed by atoms with van der Waals surface area (Å²) in [6.07, 6.45) is 2.29. The van der Waals surface area contributed by atoms with E-state index in [2.05, 4.69) is 0 Å². The molecule has 0 aromatic carbocycles. The maximum absolute atomic E-state index is 12.7. The number of thiol groups is 1. The molecule has 0 aliphatic heterocycles. The zero-order valence-corrected chi connectivity index (χ0v) is 13.2. The van der Waals surface area contributed by atoms with Gasteiger partial charge in [0.25, 0.3) is 0 Å². The van der Waals surface area contributed by atoms with Crippen LogP contribution in [0.5, 0.6) is 0 Å². The van der Waals surface area contributed by atoms with E-state index >= 15 is 0 Å². The van der Waals surface area contributed by atoms with Crippen molar-refractivity contribution < 1.29 is 26.7 Å². The van der Waals surface area contributed by atoms with Crippen LogP contribution in [0.4, 0.5) is 8.78 Å². The molecule has 0 aromatic rings. The van der Waals surface area contributed by atoms with Crippen LogP contribution in [-0.4, -0.2) is 26.2 Å². The first kappa shape index (κ1) is 19.3. The monoisotopic (exact) mass is 314 g/mol. The molecule has 0 amide bonds. The highest BCUT2D eigenvalue weighted by Crippen LogP contribution is 2.22. The topological polar surface area (TPSA) is 60.4 Å². The largest absolute Gasteiger partial charge is 0.465 e. The highest BCUT2D eigenvalue weighted by molar-refractivity contribution is 7.73. The van der Waals surface area contributed by atoms with E-state index in [1.807, 2.05) is 0 Å². The number of carbonyl (C=O) groups is 1. The Morgan fingerprint density at radius 2 is 1.50 bits per heavy atom. The van der Waals surface area contributed by atoms with Crippen LogP contribution in [0, 0.1) is 5.41 Å². The lowest BCUT2D eigenvalue weighted by atomic mass is 9.97. The van der Waals surface area contributed by atoms with Crippen LogP contribution in [-0.2, 0) is 20.2 Å². The lowest BCUT2D eigenvalue weighted by molar-refractivity contribution is -0.153. The van der Waals surface area contributed by atoms with E-state index in [0.29, 0.717) is 19.4 Å². The molecule has 0 atom stereocenters. The van der Waals surface area contributed by atoms with Crippen molar-refractivity contribution in [1.29, 1.82) is 0 Å². The van der Waals surface area contributed by atoms with Crippen molar-refractivity contribution in [3.05, 3.63) is 0 Å². The molecule has 0 spiro atoms. The molecule has 120 valence electrons. The van der Waals surface area contributed by atoms with Crippen molar-refractivity contribution in [2.45, 2.75) is 64.6 Å². The number of hydrogen-bond donors (Lipinski definition) is 1. The van der Waals surface area contributed by atoms with Gasteiger partial charge in [-0.05, 0) is 33.6 Å². The highest BCUT2D eigenvalue weighted by Gasteiger charge is 2.31. The van der Waals surface area contributed by atoms with E-state index in [9.17, 15) is 22.0 Å². The van der Waals surface area contributed by atoms with Gasteiger partial charge in [0, 0.05) is 6.42 Å². The van der Waals surface area contributed by atoms with Crippen LogP contribution in [0.3, 0.4) is 0 Å². The van der Waals surface area contributed by atoms with Crippen molar-refractivity contribution >= 4 is 16.7 Å². The summed E-state index contributed by atoms with van der Waals surface area (Å²) < 4.78 is 50.9. The van der Waals surface area contributed by atoms with Crippen molar-refractivity contribution in [2.75, 3.05) is 6.61 Å². The summed E-state index contributed by atoms with van der Waals surface area (Å²) in [7, 11) is -3.68. The summed E-state index contributed by atoms with van der Waals surface area (Å²) in [6, 6.07) is 0. The summed E-state index contributed by atoms with van der Waals surface area (Å²) in [4.78, 5) is 11.4. The van der Waals surface area contributed by atoms with E-state index in [0.717, 1.165) is 12.8 Å². The Morgan fingerprint density at radius 1 is 1.00 bits per heavy atom. The van der Waals surface area contributed by atoms with Crippen LogP contribution in [0.2, 0.25) is 0 Å². The Hall–Kier alpha value is -0.720. The second kappa shape index (κ2) is 8.54. The molecule has 7 heteroatoms. The maximum Gasteiger partial charge on any atom is 0.343 e. The molecule has 0 saturated carbocycles. The van der Waals surface area contributed by atoms with Crippen molar-refractivity contribution in [2.24, 2.45) is 5.41 Å². The lowest BCUT2D eigenvalue weighted by Gasteiger charge is -2.16. The van der Waals surface area contributed by atoms with Gasteiger partial charge in [0.15, 0.2) is 0 Å². The van der Waals surface area contributed by atoms with Gasteiger partial charge in [-0.25, -0.2) is 8.42 Å². The van der Waals surface area contributed by atoms with Gasteiger partial charge in [-0.15, -0.1) is 0 Å². The first-order valence-electron chi connectivity index (χ1n) is 6.77. The van der Waals surface area contributed by atoms with E-state index in [1.54, 1.807) is 20.8 Å². The average Bonchev–Trinajstić information content (AvgIpc) is 2.30. The standard InChI is InChI=1S/C13H24F2O4S/c1-12(2,3)11(16)19-10-8-6-4-5-7-9-13(14,15)20(17)18/h20H,4-10H2,1-3H3. The van der Waals surface area contributed by atoms with Gasteiger partial charge in [-0.3, -0.25) is 4.79 Å². The Labute approximate surface area is 120 Å². The number of alkyl halides is 2. The van der Waals surface area contributed by atoms with Gasteiger partial charge in [0.2, 0.25) is 10.7 Å². The Morgan fingerprint density at radius 3 is 2.00 bits per heavy atom. The quantitative estimate of drug-likeness (QED) is 0.403. The molecule has 0 rings (SSSR count). The molecular formula is C13H24F2O4S. The fraction of sp³-hybridized carbons (Fsp3) is 0.923. The Kier molecular flexibility index (Phi) is 8.23. The van der Waals surface area contributed by atoms with Crippen LogP contribution in [0.15, 0.2) is 0 Å². The molecule has 0 heterocycles. The van der Waals surface area contributed by atoms with Gasteiger partial charge in [-0.1, -0.05) is 19.3 Å². The highest BCUT2D eigenvalue weighted by atomic mass is 32.2. The number of halogens is 2. The van der Waals surface area contributed by atoms with Crippen molar-refractivity contribution in [3.8, 4) is 0 Å². The van der Waals surface area contributed by atoms with Gasteiger partial charge in [0.05, 0.1) is 12.0 Å². The molecule has 0 aliphatic carbocycles. The van der Waals surface area contributed by atoms with Gasteiger partial charge >= 0.3 is 11.2 Å². The van der Waals surface area contributed by atoms with Gasteiger partial charge in [-0.2, -0.15) is 8.78 Å². The first-order chi connectivity index (χ1) is 9.07. The Balaban J connectivity index is 3.54.